The lowest BCUT2D eigenvalue weighted by molar-refractivity contribution is -0.158. The van der Waals surface area contributed by atoms with Crippen molar-refractivity contribution < 1.29 is 23.9 Å². The third-order valence-corrected chi connectivity index (χ3v) is 3.23. The molecular formula is C13H21N3O5. The van der Waals surface area contributed by atoms with Gasteiger partial charge in [0.15, 0.2) is 0 Å². The number of carbonyl (C=O) groups excluding carboxylic acids is 4. The van der Waals surface area contributed by atoms with Crippen molar-refractivity contribution in [3.8, 4) is 0 Å². The van der Waals surface area contributed by atoms with Crippen molar-refractivity contribution in [2.24, 2.45) is 0 Å². The van der Waals surface area contributed by atoms with E-state index >= 15 is 0 Å². The van der Waals surface area contributed by atoms with Crippen molar-refractivity contribution in [2.75, 3.05) is 26.7 Å². The van der Waals surface area contributed by atoms with E-state index in [9.17, 15) is 19.2 Å². The molecule has 8 heteroatoms. The molecule has 1 saturated heterocycles. The maximum Gasteiger partial charge on any atom is 0.330 e. The van der Waals surface area contributed by atoms with Crippen LogP contribution in [0.1, 0.15) is 20.8 Å². The van der Waals surface area contributed by atoms with Gasteiger partial charge in [-0.3, -0.25) is 14.4 Å². The molecule has 1 fully saturated rings. The Morgan fingerprint density at radius 2 is 1.86 bits per heavy atom. The van der Waals surface area contributed by atoms with E-state index in [0.29, 0.717) is 13.1 Å². The summed E-state index contributed by atoms with van der Waals surface area (Å²) < 4.78 is 4.59. The average Bonchev–Trinajstić information content (AvgIpc) is 2.41. The normalized spacial score (nSPS) is 17.0. The van der Waals surface area contributed by atoms with Crippen LogP contribution in [0, 0.1) is 0 Å². The molecule has 1 unspecified atom stereocenters. The van der Waals surface area contributed by atoms with Gasteiger partial charge in [-0.15, -0.1) is 0 Å². The van der Waals surface area contributed by atoms with Crippen molar-refractivity contribution in [3.05, 3.63) is 0 Å². The SMILES string of the molecule is COC(=O)C(CN1CCN(C(C)C)C(=O)C1=O)NC(C)=O. The molecule has 1 aliphatic heterocycles. The Kier molecular flexibility index (Phi) is 5.69. The van der Waals surface area contributed by atoms with E-state index in [1.807, 2.05) is 13.8 Å². The first-order valence-corrected chi connectivity index (χ1v) is 6.72. The topological polar surface area (TPSA) is 96.0 Å². The lowest BCUT2D eigenvalue weighted by atomic mass is 10.2. The highest BCUT2D eigenvalue weighted by atomic mass is 16.5. The van der Waals surface area contributed by atoms with Crippen LogP contribution < -0.4 is 5.32 Å². The zero-order valence-electron chi connectivity index (χ0n) is 12.7. The number of rotatable bonds is 5. The lowest BCUT2D eigenvalue weighted by Gasteiger charge is -2.37. The fraction of sp³-hybridized carbons (Fsp3) is 0.692. The Morgan fingerprint density at radius 3 is 2.33 bits per heavy atom. The molecule has 8 nitrogen and oxygen atoms in total. The van der Waals surface area contributed by atoms with Crippen LogP contribution in [0.15, 0.2) is 0 Å². The number of carbonyl (C=O) groups is 4. The molecule has 1 N–H and O–H groups in total. The Hall–Kier alpha value is -2.12. The predicted octanol–water partition coefficient (Wildman–Crippen LogP) is -1.26. The minimum Gasteiger partial charge on any atom is -0.467 e. The van der Waals surface area contributed by atoms with Crippen LogP contribution in [0.5, 0.6) is 0 Å². The van der Waals surface area contributed by atoms with Crippen LogP contribution in [0.4, 0.5) is 0 Å². The highest BCUT2D eigenvalue weighted by Gasteiger charge is 2.36. The summed E-state index contributed by atoms with van der Waals surface area (Å²) in [5, 5.41) is 2.41. The van der Waals surface area contributed by atoms with Crippen LogP contribution >= 0.6 is 0 Å². The van der Waals surface area contributed by atoms with Gasteiger partial charge in [-0.25, -0.2) is 4.79 Å². The van der Waals surface area contributed by atoms with E-state index in [1.54, 1.807) is 0 Å². The van der Waals surface area contributed by atoms with Crippen molar-refractivity contribution in [1.82, 2.24) is 15.1 Å². The number of nitrogens with one attached hydrogen (secondary N) is 1. The number of nitrogens with zero attached hydrogens (tertiary/aromatic N) is 2. The molecule has 0 aliphatic carbocycles. The second kappa shape index (κ2) is 7.05. The Balaban J connectivity index is 2.77. The predicted molar refractivity (Wildman–Crippen MR) is 73.0 cm³/mol. The third kappa shape index (κ3) is 4.17. The van der Waals surface area contributed by atoms with Crippen molar-refractivity contribution >= 4 is 23.7 Å². The highest BCUT2D eigenvalue weighted by Crippen LogP contribution is 2.09. The lowest BCUT2D eigenvalue weighted by Crippen LogP contribution is -2.59. The zero-order chi connectivity index (χ0) is 16.2. The van der Waals surface area contributed by atoms with E-state index in [-0.39, 0.29) is 12.6 Å². The maximum absolute atomic E-state index is 12.0. The summed E-state index contributed by atoms with van der Waals surface area (Å²) in [6.45, 7) is 5.55. The number of ether oxygens (including phenoxy) is 1. The number of methoxy groups -OCH3 is 1. The molecule has 1 rings (SSSR count). The molecule has 1 aliphatic rings. The van der Waals surface area contributed by atoms with Gasteiger partial charge in [0.2, 0.25) is 5.91 Å². The largest absolute Gasteiger partial charge is 0.467 e. The van der Waals surface area contributed by atoms with Gasteiger partial charge in [-0.05, 0) is 13.8 Å². The fourth-order valence-corrected chi connectivity index (χ4v) is 2.14. The summed E-state index contributed by atoms with van der Waals surface area (Å²) in [6.07, 6.45) is 0. The fourth-order valence-electron chi connectivity index (χ4n) is 2.14. The molecule has 1 atom stereocenters. The van der Waals surface area contributed by atoms with Crippen LogP contribution in [0.2, 0.25) is 0 Å². The molecule has 0 aromatic rings. The smallest absolute Gasteiger partial charge is 0.330 e. The number of amides is 3. The van der Waals surface area contributed by atoms with Gasteiger partial charge in [0, 0.05) is 26.1 Å². The van der Waals surface area contributed by atoms with Crippen LogP contribution in [-0.2, 0) is 23.9 Å². The van der Waals surface area contributed by atoms with Crippen LogP contribution in [0.25, 0.3) is 0 Å². The molecule has 118 valence electrons. The molecule has 0 saturated carbocycles. The first-order valence-electron chi connectivity index (χ1n) is 6.72. The first-order chi connectivity index (χ1) is 9.77. The summed E-state index contributed by atoms with van der Waals surface area (Å²) in [5.41, 5.74) is 0. The van der Waals surface area contributed by atoms with E-state index in [4.69, 9.17) is 0 Å². The molecule has 3 amide bonds. The quantitative estimate of drug-likeness (QED) is 0.505. The minimum absolute atomic E-state index is 0.0599. The molecule has 0 spiro atoms. The number of piperazine rings is 1. The number of esters is 1. The van der Waals surface area contributed by atoms with Gasteiger partial charge in [0.1, 0.15) is 6.04 Å². The number of hydrogen-bond donors (Lipinski definition) is 1. The second-order valence-electron chi connectivity index (χ2n) is 5.12. The zero-order valence-corrected chi connectivity index (χ0v) is 12.7. The molecule has 0 radical (unpaired) electrons. The van der Waals surface area contributed by atoms with Crippen molar-refractivity contribution in [1.29, 1.82) is 0 Å². The standard InChI is InChI=1S/C13H21N3O5/c1-8(2)16-6-5-15(11(18)12(16)19)7-10(13(20)21-4)14-9(3)17/h8,10H,5-7H2,1-4H3,(H,14,17). The van der Waals surface area contributed by atoms with E-state index in [2.05, 4.69) is 10.1 Å². The molecule has 0 bridgehead atoms. The number of hydrogen-bond acceptors (Lipinski definition) is 5. The van der Waals surface area contributed by atoms with E-state index in [1.165, 1.54) is 23.8 Å². The monoisotopic (exact) mass is 299 g/mol. The van der Waals surface area contributed by atoms with Gasteiger partial charge in [0.25, 0.3) is 0 Å². The van der Waals surface area contributed by atoms with Gasteiger partial charge in [-0.2, -0.15) is 0 Å². The van der Waals surface area contributed by atoms with Gasteiger partial charge in [0.05, 0.1) is 13.7 Å². The Morgan fingerprint density at radius 1 is 1.24 bits per heavy atom. The van der Waals surface area contributed by atoms with Gasteiger partial charge < -0.3 is 19.9 Å². The maximum atomic E-state index is 12.0. The minimum atomic E-state index is -0.977. The average molecular weight is 299 g/mol. The van der Waals surface area contributed by atoms with Crippen LogP contribution in [-0.4, -0.2) is 72.3 Å². The summed E-state index contributed by atoms with van der Waals surface area (Å²) in [5.74, 6) is -2.33. The molecule has 0 aromatic heterocycles. The van der Waals surface area contributed by atoms with Gasteiger partial charge >= 0.3 is 17.8 Å². The summed E-state index contributed by atoms with van der Waals surface area (Å²) in [7, 11) is 1.20. The highest BCUT2D eigenvalue weighted by molar-refractivity contribution is 6.35. The summed E-state index contributed by atoms with van der Waals surface area (Å²) in [6, 6.07) is -1.04. The second-order valence-corrected chi connectivity index (χ2v) is 5.12. The molecule has 21 heavy (non-hydrogen) atoms. The van der Waals surface area contributed by atoms with E-state index in [0.717, 1.165) is 0 Å². The Bertz CT molecular complexity index is 449. The molecule has 1 heterocycles. The summed E-state index contributed by atoms with van der Waals surface area (Å²) >= 11 is 0. The third-order valence-electron chi connectivity index (χ3n) is 3.23. The van der Waals surface area contributed by atoms with Crippen molar-refractivity contribution in [2.45, 2.75) is 32.9 Å². The Labute approximate surface area is 123 Å². The molecule has 0 aromatic carbocycles. The van der Waals surface area contributed by atoms with Gasteiger partial charge in [-0.1, -0.05) is 0 Å². The first kappa shape index (κ1) is 16.9. The molecular weight excluding hydrogens is 278 g/mol. The van der Waals surface area contributed by atoms with Crippen molar-refractivity contribution in [3.63, 3.8) is 0 Å². The summed E-state index contributed by atoms with van der Waals surface area (Å²) in [4.78, 5) is 49.5. The van der Waals surface area contributed by atoms with Crippen LogP contribution in [0.3, 0.4) is 0 Å². The van der Waals surface area contributed by atoms with E-state index < -0.39 is 29.7 Å².